The number of fused-ring (bicyclic) bond motifs is 1. The first kappa shape index (κ1) is 5.29. The van der Waals surface area contributed by atoms with Gasteiger partial charge in [-0.15, -0.1) is 0 Å². The van der Waals surface area contributed by atoms with Gasteiger partial charge in [0.2, 0.25) is 0 Å². The van der Waals surface area contributed by atoms with Crippen LogP contribution >= 0.6 is 0 Å². The van der Waals surface area contributed by atoms with Crippen molar-refractivity contribution in [1.82, 2.24) is 0 Å². The van der Waals surface area contributed by atoms with Crippen molar-refractivity contribution < 1.29 is 14.6 Å². The third-order valence-electron chi connectivity index (χ3n) is 1.37. The van der Waals surface area contributed by atoms with E-state index in [9.17, 15) is 0 Å². The molecule has 1 fully saturated rings. The van der Waals surface area contributed by atoms with E-state index in [1.165, 1.54) is 11.1 Å². The number of rotatable bonds is 0. The molecule has 1 aliphatic heterocycles. The van der Waals surface area contributed by atoms with Crippen LogP contribution < -0.4 is 0 Å². The van der Waals surface area contributed by atoms with Crippen LogP contribution in [0.2, 0.25) is 0 Å². The summed E-state index contributed by atoms with van der Waals surface area (Å²) in [5.74, 6) is 0. The van der Waals surface area contributed by atoms with E-state index in [4.69, 9.17) is 4.79 Å². The molecule has 0 aromatic carbocycles. The molecule has 0 spiro atoms. The largest absolute Gasteiger partial charge is 0.592 e. The van der Waals surface area contributed by atoms with Gasteiger partial charge in [0.25, 0.3) is 0 Å². The molecule has 0 saturated carbocycles. The highest BCUT2D eigenvalue weighted by Gasteiger charge is 2.22. The van der Waals surface area contributed by atoms with E-state index < -0.39 is 6.16 Å². The maximum Gasteiger partial charge on any atom is 0.592 e. The SMILES string of the molecule is O=C1OO1.c1cc2ccc1-2. The lowest BCUT2D eigenvalue weighted by Crippen LogP contribution is -1.85. The molecule has 0 bridgehead atoms. The fourth-order valence-electron chi connectivity index (χ4n) is 0.680. The summed E-state index contributed by atoms with van der Waals surface area (Å²) in [6, 6.07) is 8.48. The van der Waals surface area contributed by atoms with Gasteiger partial charge in [0.1, 0.15) is 0 Å². The number of carbonyl (C=O) groups excluding carboxylic acids is 1. The summed E-state index contributed by atoms with van der Waals surface area (Å²) >= 11 is 0. The van der Waals surface area contributed by atoms with Crippen LogP contribution in [0, 0.1) is 0 Å². The van der Waals surface area contributed by atoms with Crippen LogP contribution in [0.15, 0.2) is 24.3 Å². The molecule has 3 nitrogen and oxygen atoms in total. The van der Waals surface area contributed by atoms with Gasteiger partial charge in [-0.2, -0.15) is 14.6 Å². The molecule has 3 heteroatoms. The average molecular weight is 136 g/mol. The fourth-order valence-corrected chi connectivity index (χ4v) is 0.680. The summed E-state index contributed by atoms with van der Waals surface area (Å²) in [5, 5.41) is 0. The standard InChI is InChI=1S/C6H4.CO3/c1-2-6-4-3-5(1)6;2-1-3-4-1/h1-4H;. The van der Waals surface area contributed by atoms with Crippen LogP contribution in [0.3, 0.4) is 0 Å². The van der Waals surface area contributed by atoms with Crippen LogP contribution in [0.25, 0.3) is 11.1 Å². The molecular formula is C7H4O3. The number of benzene rings is 1. The summed E-state index contributed by atoms with van der Waals surface area (Å²) in [6.07, 6.45) is -0.583. The first-order valence-electron chi connectivity index (χ1n) is 2.85. The van der Waals surface area contributed by atoms with Crippen molar-refractivity contribution in [3.8, 4) is 11.1 Å². The Kier molecular flexibility index (Phi) is 0.917. The minimum absolute atomic E-state index is 0.583. The zero-order chi connectivity index (χ0) is 6.97. The second-order valence-electron chi connectivity index (χ2n) is 1.99. The molecule has 0 aromatic heterocycles. The van der Waals surface area contributed by atoms with Crippen molar-refractivity contribution in [3.05, 3.63) is 24.3 Å². The average Bonchev–Trinajstić information content (AvgIpc) is 2.63. The van der Waals surface area contributed by atoms with Crippen LogP contribution in [-0.4, -0.2) is 6.16 Å². The Morgan fingerprint density at radius 3 is 1.20 bits per heavy atom. The number of hydrogen-bond acceptors (Lipinski definition) is 3. The highest BCUT2D eigenvalue weighted by Crippen LogP contribution is 2.29. The molecule has 1 saturated heterocycles. The molecular weight excluding hydrogens is 132 g/mol. The van der Waals surface area contributed by atoms with Gasteiger partial charge >= 0.3 is 6.16 Å². The summed E-state index contributed by atoms with van der Waals surface area (Å²) < 4.78 is 0. The Hall–Kier alpha value is -1.51. The lowest BCUT2D eigenvalue weighted by atomic mass is 9.95. The molecule has 10 heavy (non-hydrogen) atoms. The summed E-state index contributed by atoms with van der Waals surface area (Å²) in [5.41, 5.74) is 2.85. The summed E-state index contributed by atoms with van der Waals surface area (Å²) in [6.45, 7) is 0. The normalized spacial score (nSPS) is 13.8. The number of carbonyl (C=O) groups is 1. The fraction of sp³-hybridized carbons (Fsp3) is 0. The minimum Gasteiger partial charge on any atom is -0.197 e. The van der Waals surface area contributed by atoms with Crippen molar-refractivity contribution in [1.29, 1.82) is 0 Å². The number of hydrogen-bond donors (Lipinski definition) is 0. The maximum atomic E-state index is 9.11. The van der Waals surface area contributed by atoms with Gasteiger partial charge in [0.05, 0.1) is 0 Å². The van der Waals surface area contributed by atoms with Gasteiger partial charge in [0, 0.05) is 0 Å². The van der Waals surface area contributed by atoms with Crippen LogP contribution in [0.5, 0.6) is 0 Å². The van der Waals surface area contributed by atoms with E-state index in [2.05, 4.69) is 34.0 Å². The Balaban J connectivity index is 0.0000000886. The molecule has 3 rings (SSSR count). The van der Waals surface area contributed by atoms with Crippen LogP contribution in [0.1, 0.15) is 0 Å². The van der Waals surface area contributed by atoms with Crippen molar-refractivity contribution in [2.45, 2.75) is 0 Å². The molecule has 0 amide bonds. The van der Waals surface area contributed by atoms with Gasteiger partial charge in [-0.3, -0.25) is 0 Å². The van der Waals surface area contributed by atoms with Crippen molar-refractivity contribution in [2.24, 2.45) is 0 Å². The molecule has 1 heterocycles. The molecule has 0 atom stereocenters. The lowest BCUT2D eigenvalue weighted by molar-refractivity contribution is 0.0850. The van der Waals surface area contributed by atoms with Crippen molar-refractivity contribution >= 4 is 6.16 Å². The first-order valence-corrected chi connectivity index (χ1v) is 2.85. The van der Waals surface area contributed by atoms with Gasteiger partial charge in [-0.1, -0.05) is 24.3 Å². The highest BCUT2D eigenvalue weighted by molar-refractivity contribution is 5.75. The topological polar surface area (TPSA) is 42.1 Å². The maximum absolute atomic E-state index is 9.11. The van der Waals surface area contributed by atoms with Crippen LogP contribution in [-0.2, 0) is 9.78 Å². The monoisotopic (exact) mass is 136 g/mol. The van der Waals surface area contributed by atoms with Gasteiger partial charge in [-0.05, 0) is 11.1 Å². The molecule has 0 radical (unpaired) electrons. The predicted octanol–water partition coefficient (Wildman–Crippen LogP) is 1.74. The minimum atomic E-state index is -0.583. The second kappa shape index (κ2) is 1.73. The predicted molar refractivity (Wildman–Crippen MR) is 33.0 cm³/mol. The van der Waals surface area contributed by atoms with E-state index >= 15 is 0 Å². The van der Waals surface area contributed by atoms with E-state index in [0.717, 1.165) is 0 Å². The zero-order valence-electron chi connectivity index (χ0n) is 5.03. The Bertz CT molecular complexity index is 236. The van der Waals surface area contributed by atoms with Crippen molar-refractivity contribution in [2.75, 3.05) is 0 Å². The second-order valence-corrected chi connectivity index (χ2v) is 1.99. The zero-order valence-corrected chi connectivity index (χ0v) is 5.03. The Labute approximate surface area is 57.1 Å². The van der Waals surface area contributed by atoms with E-state index in [-0.39, 0.29) is 0 Å². The van der Waals surface area contributed by atoms with E-state index in [0.29, 0.717) is 0 Å². The third kappa shape index (κ3) is 0.815. The first-order chi connectivity index (χ1) is 4.86. The molecule has 2 aliphatic carbocycles. The Morgan fingerprint density at radius 2 is 1.20 bits per heavy atom. The van der Waals surface area contributed by atoms with Crippen LogP contribution in [0.4, 0.5) is 4.79 Å². The van der Waals surface area contributed by atoms with E-state index in [1.807, 2.05) is 0 Å². The Morgan fingerprint density at radius 1 is 0.900 bits per heavy atom. The lowest BCUT2D eigenvalue weighted by Gasteiger charge is -2.10. The molecule has 0 aromatic rings. The van der Waals surface area contributed by atoms with Crippen molar-refractivity contribution in [3.63, 3.8) is 0 Å². The quantitative estimate of drug-likeness (QED) is 0.409. The smallest absolute Gasteiger partial charge is 0.197 e. The molecule has 50 valence electrons. The summed E-state index contributed by atoms with van der Waals surface area (Å²) in [7, 11) is 0. The molecule has 3 aliphatic rings. The highest BCUT2D eigenvalue weighted by atomic mass is 17.4. The third-order valence-corrected chi connectivity index (χ3v) is 1.37. The van der Waals surface area contributed by atoms with Gasteiger partial charge in [-0.25, -0.2) is 0 Å². The van der Waals surface area contributed by atoms with Gasteiger partial charge < -0.3 is 0 Å². The van der Waals surface area contributed by atoms with E-state index in [1.54, 1.807) is 0 Å². The molecule has 0 unspecified atom stereocenters. The molecule has 0 N–H and O–H groups in total. The van der Waals surface area contributed by atoms with Gasteiger partial charge in [0.15, 0.2) is 0 Å². The summed E-state index contributed by atoms with van der Waals surface area (Å²) in [4.78, 5) is 16.2.